The Kier molecular flexibility index (Phi) is 4.25. The largest absolute Gasteiger partial charge is 0.493 e. The van der Waals surface area contributed by atoms with Gasteiger partial charge in [0.05, 0.1) is 25.7 Å². The van der Waals surface area contributed by atoms with E-state index in [-0.39, 0.29) is 12.2 Å². The molecule has 0 spiro atoms. The smallest absolute Gasteiger partial charge is 0.309 e. The summed E-state index contributed by atoms with van der Waals surface area (Å²) < 4.78 is 30.4. The molecular formula is C15H19FO5. The number of carboxylic acids is 1. The first-order valence-electron chi connectivity index (χ1n) is 6.75. The van der Waals surface area contributed by atoms with Crippen LogP contribution >= 0.6 is 0 Å². The van der Waals surface area contributed by atoms with E-state index in [1.807, 2.05) is 0 Å². The Hall–Kier alpha value is -1.98. The molecule has 1 aliphatic heterocycles. The van der Waals surface area contributed by atoms with Gasteiger partial charge in [-0.15, -0.1) is 0 Å². The molecule has 0 aromatic heterocycles. The number of hydrogen-bond acceptors (Lipinski definition) is 4. The molecule has 116 valence electrons. The number of halogens is 1. The fourth-order valence-electron chi connectivity index (χ4n) is 2.22. The highest BCUT2D eigenvalue weighted by Gasteiger charge is 2.33. The fraction of sp³-hybridized carbons (Fsp3) is 0.533. The van der Waals surface area contributed by atoms with Crippen molar-refractivity contribution in [3.63, 3.8) is 0 Å². The summed E-state index contributed by atoms with van der Waals surface area (Å²) in [4.78, 5) is 11.3. The van der Waals surface area contributed by atoms with Crippen LogP contribution in [0.25, 0.3) is 0 Å². The minimum absolute atomic E-state index is 0.00794. The molecule has 0 unspecified atom stereocenters. The van der Waals surface area contributed by atoms with Gasteiger partial charge in [0.2, 0.25) is 0 Å². The third kappa shape index (κ3) is 3.04. The molecule has 0 saturated carbocycles. The van der Waals surface area contributed by atoms with E-state index in [4.69, 9.17) is 14.2 Å². The van der Waals surface area contributed by atoms with E-state index in [9.17, 15) is 14.3 Å². The number of methoxy groups -OCH3 is 1. The Morgan fingerprint density at radius 1 is 1.43 bits per heavy atom. The van der Waals surface area contributed by atoms with Gasteiger partial charge in [-0.25, -0.2) is 4.39 Å². The van der Waals surface area contributed by atoms with Gasteiger partial charge in [-0.05, 0) is 20.3 Å². The van der Waals surface area contributed by atoms with Crippen LogP contribution in [0.4, 0.5) is 4.39 Å². The van der Waals surface area contributed by atoms with Crippen molar-refractivity contribution in [2.75, 3.05) is 20.3 Å². The van der Waals surface area contributed by atoms with Crippen molar-refractivity contribution < 1.29 is 28.5 Å². The Labute approximate surface area is 122 Å². The summed E-state index contributed by atoms with van der Waals surface area (Å²) in [7, 11) is 1.35. The highest BCUT2D eigenvalue weighted by Crippen LogP contribution is 2.43. The maximum atomic E-state index is 14.1. The predicted octanol–water partition coefficient (Wildman–Crippen LogP) is 2.65. The summed E-state index contributed by atoms with van der Waals surface area (Å²) in [6.07, 6.45) is 0.759. The minimum atomic E-state index is -1.08. The maximum absolute atomic E-state index is 14.1. The monoisotopic (exact) mass is 298 g/mol. The second kappa shape index (κ2) is 5.79. The second-order valence-corrected chi connectivity index (χ2v) is 5.61. The summed E-state index contributed by atoms with van der Waals surface area (Å²) in [6, 6.07) is 1.22. The van der Waals surface area contributed by atoms with Gasteiger partial charge in [-0.2, -0.15) is 0 Å². The lowest BCUT2D eigenvalue weighted by molar-refractivity contribution is -0.146. The van der Waals surface area contributed by atoms with E-state index in [1.54, 1.807) is 13.8 Å². The van der Waals surface area contributed by atoms with Crippen molar-refractivity contribution in [3.05, 3.63) is 17.4 Å². The number of hydrogen-bond donors (Lipinski definition) is 1. The zero-order valence-electron chi connectivity index (χ0n) is 12.4. The predicted molar refractivity (Wildman–Crippen MR) is 73.7 cm³/mol. The number of aliphatic carboxylic acids is 1. The minimum Gasteiger partial charge on any atom is -0.493 e. The third-order valence-corrected chi connectivity index (χ3v) is 3.44. The van der Waals surface area contributed by atoms with E-state index in [0.29, 0.717) is 36.7 Å². The average Bonchev–Trinajstić information content (AvgIpc) is 2.63. The van der Waals surface area contributed by atoms with E-state index in [2.05, 4.69) is 0 Å². The molecule has 1 aromatic carbocycles. The molecule has 0 radical (unpaired) electrons. The molecule has 21 heavy (non-hydrogen) atoms. The van der Waals surface area contributed by atoms with E-state index in [0.717, 1.165) is 0 Å². The van der Waals surface area contributed by atoms with Crippen LogP contribution in [0.5, 0.6) is 17.2 Å². The lowest BCUT2D eigenvalue weighted by Gasteiger charge is -2.23. The molecule has 0 fully saturated rings. The zero-order valence-corrected chi connectivity index (χ0v) is 12.4. The molecule has 0 atom stereocenters. The summed E-state index contributed by atoms with van der Waals surface area (Å²) >= 11 is 0. The van der Waals surface area contributed by atoms with Crippen molar-refractivity contribution in [1.82, 2.24) is 0 Å². The molecule has 0 aliphatic carbocycles. The summed E-state index contributed by atoms with van der Waals surface area (Å²) in [6.45, 7) is 4.01. The SMILES string of the molecule is COc1c(F)cc2c(c1CC(C)(C)C(=O)O)OCCCO2. The van der Waals surface area contributed by atoms with E-state index < -0.39 is 17.2 Å². The number of carboxylic acid groups (broad SMARTS) is 1. The van der Waals surface area contributed by atoms with Crippen LogP contribution in [0.2, 0.25) is 0 Å². The molecular weight excluding hydrogens is 279 g/mol. The third-order valence-electron chi connectivity index (χ3n) is 3.44. The Morgan fingerprint density at radius 3 is 2.71 bits per heavy atom. The van der Waals surface area contributed by atoms with Gasteiger partial charge < -0.3 is 19.3 Å². The molecule has 0 bridgehead atoms. The van der Waals surface area contributed by atoms with Gasteiger partial charge >= 0.3 is 5.97 Å². The van der Waals surface area contributed by atoms with Gasteiger partial charge in [0.1, 0.15) is 0 Å². The van der Waals surface area contributed by atoms with Crippen molar-refractivity contribution in [2.45, 2.75) is 26.7 Å². The first kappa shape index (κ1) is 15.4. The number of benzene rings is 1. The quantitative estimate of drug-likeness (QED) is 0.925. The van der Waals surface area contributed by atoms with Gasteiger partial charge in [0.15, 0.2) is 23.1 Å². The van der Waals surface area contributed by atoms with Crippen LogP contribution in [0.1, 0.15) is 25.8 Å². The molecule has 1 aromatic rings. The zero-order chi connectivity index (χ0) is 15.6. The highest BCUT2D eigenvalue weighted by molar-refractivity contribution is 5.74. The molecule has 0 saturated heterocycles. The van der Waals surface area contributed by atoms with E-state index >= 15 is 0 Å². The Balaban J connectivity index is 2.55. The van der Waals surface area contributed by atoms with Crippen LogP contribution in [0.3, 0.4) is 0 Å². The molecule has 6 heteroatoms. The Morgan fingerprint density at radius 2 is 2.10 bits per heavy atom. The van der Waals surface area contributed by atoms with Crippen LogP contribution in [-0.4, -0.2) is 31.4 Å². The first-order valence-corrected chi connectivity index (χ1v) is 6.75. The van der Waals surface area contributed by atoms with Crippen molar-refractivity contribution in [1.29, 1.82) is 0 Å². The van der Waals surface area contributed by atoms with Crippen LogP contribution < -0.4 is 14.2 Å². The molecule has 2 rings (SSSR count). The number of rotatable bonds is 4. The molecule has 1 heterocycles. The fourth-order valence-corrected chi connectivity index (χ4v) is 2.22. The van der Waals surface area contributed by atoms with Gasteiger partial charge in [-0.3, -0.25) is 4.79 Å². The van der Waals surface area contributed by atoms with Gasteiger partial charge in [0, 0.05) is 18.1 Å². The normalized spacial score (nSPS) is 14.5. The molecule has 5 nitrogen and oxygen atoms in total. The van der Waals surface area contributed by atoms with Gasteiger partial charge in [-0.1, -0.05) is 0 Å². The van der Waals surface area contributed by atoms with E-state index in [1.165, 1.54) is 13.2 Å². The van der Waals surface area contributed by atoms with Crippen LogP contribution in [0, 0.1) is 11.2 Å². The summed E-state index contributed by atoms with van der Waals surface area (Å²) in [5, 5.41) is 9.29. The lowest BCUT2D eigenvalue weighted by atomic mass is 9.85. The average molecular weight is 298 g/mol. The second-order valence-electron chi connectivity index (χ2n) is 5.61. The maximum Gasteiger partial charge on any atom is 0.309 e. The standard InChI is InChI=1S/C15H19FO5/c1-15(2,14(17)18)8-9-12(19-3)10(16)7-11-13(9)21-6-4-5-20-11/h7H,4-6,8H2,1-3H3,(H,17,18). The topological polar surface area (TPSA) is 65.0 Å². The summed E-state index contributed by atoms with van der Waals surface area (Å²) in [5.74, 6) is -0.884. The van der Waals surface area contributed by atoms with Crippen molar-refractivity contribution >= 4 is 5.97 Å². The summed E-state index contributed by atoms with van der Waals surface area (Å²) in [5.41, 5.74) is -0.688. The molecule has 1 N–H and O–H groups in total. The number of ether oxygens (including phenoxy) is 3. The van der Waals surface area contributed by atoms with Gasteiger partial charge in [0.25, 0.3) is 0 Å². The Bertz CT molecular complexity index is 553. The highest BCUT2D eigenvalue weighted by atomic mass is 19.1. The number of fused-ring (bicyclic) bond motifs is 1. The van der Waals surface area contributed by atoms with Crippen molar-refractivity contribution in [2.24, 2.45) is 5.41 Å². The van der Waals surface area contributed by atoms with Crippen LogP contribution in [0.15, 0.2) is 6.07 Å². The molecule has 0 amide bonds. The number of carbonyl (C=O) groups is 1. The first-order chi connectivity index (χ1) is 9.86. The lowest BCUT2D eigenvalue weighted by Crippen LogP contribution is -2.27. The molecule has 1 aliphatic rings. The van der Waals surface area contributed by atoms with Crippen molar-refractivity contribution in [3.8, 4) is 17.2 Å². The van der Waals surface area contributed by atoms with Crippen LogP contribution in [-0.2, 0) is 11.2 Å².